The molecule has 0 saturated carbocycles. The minimum absolute atomic E-state index is 0.279. The molecule has 3 rings (SSSR count). The largest absolute Gasteiger partial charge is 0.461 e. The second-order valence-corrected chi connectivity index (χ2v) is 4.80. The van der Waals surface area contributed by atoms with Gasteiger partial charge < -0.3 is 4.74 Å². The number of aromatic nitrogens is 3. The monoisotopic (exact) mass is 305 g/mol. The Bertz CT molecular complexity index is 805. The summed E-state index contributed by atoms with van der Waals surface area (Å²) in [6.45, 7) is 2.07. The molecule has 0 saturated heterocycles. The van der Waals surface area contributed by atoms with Crippen molar-refractivity contribution in [2.24, 2.45) is 0 Å². The smallest absolute Gasteiger partial charge is 0.357 e. The Kier molecular flexibility index (Phi) is 4.38. The molecular weight excluding hydrogens is 290 g/mol. The van der Waals surface area contributed by atoms with Crippen LogP contribution in [-0.4, -0.2) is 27.5 Å². The SMILES string of the molecule is CCOC(=O)c1nc(-c2cccnc2)ccc1-c1cccnc1. The second-order valence-electron chi connectivity index (χ2n) is 4.80. The Balaban J connectivity index is 2.12. The summed E-state index contributed by atoms with van der Waals surface area (Å²) in [6.07, 6.45) is 6.79. The van der Waals surface area contributed by atoms with Gasteiger partial charge in [-0.3, -0.25) is 9.97 Å². The van der Waals surface area contributed by atoms with Crippen molar-refractivity contribution in [2.45, 2.75) is 6.92 Å². The van der Waals surface area contributed by atoms with Crippen LogP contribution >= 0.6 is 0 Å². The van der Waals surface area contributed by atoms with Gasteiger partial charge >= 0.3 is 5.97 Å². The van der Waals surface area contributed by atoms with Crippen LogP contribution in [0.25, 0.3) is 22.4 Å². The minimum Gasteiger partial charge on any atom is -0.461 e. The summed E-state index contributed by atoms with van der Waals surface area (Å²) in [4.78, 5) is 25.0. The molecule has 3 aromatic heterocycles. The predicted molar refractivity (Wildman–Crippen MR) is 86.7 cm³/mol. The summed E-state index contributed by atoms with van der Waals surface area (Å²) in [5, 5.41) is 0. The molecular formula is C18H15N3O2. The number of rotatable bonds is 4. The van der Waals surface area contributed by atoms with Gasteiger partial charge in [-0.2, -0.15) is 0 Å². The quantitative estimate of drug-likeness (QED) is 0.691. The van der Waals surface area contributed by atoms with Crippen molar-refractivity contribution in [2.75, 3.05) is 6.61 Å². The third kappa shape index (κ3) is 3.23. The summed E-state index contributed by atoms with van der Waals surface area (Å²) in [5.41, 5.74) is 3.32. The van der Waals surface area contributed by atoms with E-state index in [-0.39, 0.29) is 5.69 Å². The fourth-order valence-corrected chi connectivity index (χ4v) is 2.24. The Labute approximate surface area is 134 Å². The second kappa shape index (κ2) is 6.79. The molecule has 23 heavy (non-hydrogen) atoms. The third-order valence-corrected chi connectivity index (χ3v) is 3.29. The van der Waals surface area contributed by atoms with Crippen LogP contribution in [-0.2, 0) is 4.74 Å². The fourth-order valence-electron chi connectivity index (χ4n) is 2.24. The molecule has 0 fully saturated rings. The van der Waals surface area contributed by atoms with E-state index in [2.05, 4.69) is 15.0 Å². The van der Waals surface area contributed by atoms with E-state index in [9.17, 15) is 4.79 Å². The topological polar surface area (TPSA) is 65.0 Å². The van der Waals surface area contributed by atoms with Crippen molar-refractivity contribution in [3.8, 4) is 22.4 Å². The van der Waals surface area contributed by atoms with Gasteiger partial charge in [0.1, 0.15) is 0 Å². The number of carbonyl (C=O) groups is 1. The van der Waals surface area contributed by atoms with E-state index >= 15 is 0 Å². The number of hydrogen-bond acceptors (Lipinski definition) is 5. The van der Waals surface area contributed by atoms with E-state index in [1.54, 1.807) is 31.7 Å². The third-order valence-electron chi connectivity index (χ3n) is 3.29. The van der Waals surface area contributed by atoms with E-state index in [4.69, 9.17) is 4.74 Å². The summed E-state index contributed by atoms with van der Waals surface area (Å²) < 4.78 is 5.14. The normalized spacial score (nSPS) is 10.3. The maximum absolute atomic E-state index is 12.3. The van der Waals surface area contributed by atoms with Crippen molar-refractivity contribution in [1.29, 1.82) is 0 Å². The molecule has 0 atom stereocenters. The zero-order valence-corrected chi connectivity index (χ0v) is 12.6. The van der Waals surface area contributed by atoms with Crippen LogP contribution in [0.3, 0.4) is 0 Å². The lowest BCUT2D eigenvalue weighted by Crippen LogP contribution is -2.09. The highest BCUT2D eigenvalue weighted by Gasteiger charge is 2.17. The highest BCUT2D eigenvalue weighted by atomic mass is 16.5. The van der Waals surface area contributed by atoms with Gasteiger partial charge in [-0.1, -0.05) is 6.07 Å². The van der Waals surface area contributed by atoms with Gasteiger partial charge in [0, 0.05) is 41.5 Å². The Morgan fingerprint density at radius 2 is 1.70 bits per heavy atom. The van der Waals surface area contributed by atoms with Crippen LogP contribution in [0.4, 0.5) is 0 Å². The first kappa shape index (κ1) is 14.8. The van der Waals surface area contributed by atoms with Crippen LogP contribution in [0.2, 0.25) is 0 Å². The summed E-state index contributed by atoms with van der Waals surface area (Å²) in [6, 6.07) is 11.2. The van der Waals surface area contributed by atoms with Gasteiger partial charge in [0.15, 0.2) is 5.69 Å². The minimum atomic E-state index is -0.447. The van der Waals surface area contributed by atoms with Crippen LogP contribution in [0.15, 0.2) is 61.2 Å². The molecule has 0 unspecified atom stereocenters. The molecule has 5 heteroatoms. The van der Waals surface area contributed by atoms with Gasteiger partial charge in [-0.25, -0.2) is 9.78 Å². The molecule has 0 aromatic carbocycles. The number of carbonyl (C=O) groups excluding carboxylic acids is 1. The van der Waals surface area contributed by atoms with E-state index < -0.39 is 5.97 Å². The molecule has 0 aliphatic carbocycles. The number of hydrogen-bond donors (Lipinski definition) is 0. The Morgan fingerprint density at radius 1 is 1.00 bits per heavy atom. The van der Waals surface area contributed by atoms with E-state index in [0.29, 0.717) is 17.9 Å². The summed E-state index contributed by atoms with van der Waals surface area (Å²) in [5.74, 6) is -0.447. The first-order valence-corrected chi connectivity index (χ1v) is 7.28. The highest BCUT2D eigenvalue weighted by molar-refractivity contribution is 5.95. The van der Waals surface area contributed by atoms with Crippen molar-refractivity contribution in [3.05, 3.63) is 66.9 Å². The van der Waals surface area contributed by atoms with Crippen LogP contribution in [0, 0.1) is 0 Å². The molecule has 0 N–H and O–H groups in total. The van der Waals surface area contributed by atoms with E-state index in [1.165, 1.54) is 0 Å². The molecule has 0 radical (unpaired) electrons. The van der Waals surface area contributed by atoms with Gasteiger partial charge in [-0.15, -0.1) is 0 Å². The van der Waals surface area contributed by atoms with Crippen LogP contribution < -0.4 is 0 Å². The molecule has 114 valence electrons. The van der Waals surface area contributed by atoms with Gasteiger partial charge in [0.2, 0.25) is 0 Å². The van der Waals surface area contributed by atoms with Crippen molar-refractivity contribution >= 4 is 5.97 Å². The first-order chi connectivity index (χ1) is 11.3. The molecule has 0 bridgehead atoms. The molecule has 0 aliphatic rings. The van der Waals surface area contributed by atoms with Crippen LogP contribution in [0.5, 0.6) is 0 Å². The average Bonchev–Trinajstić information content (AvgIpc) is 2.63. The van der Waals surface area contributed by atoms with Crippen LogP contribution in [0.1, 0.15) is 17.4 Å². The standard InChI is InChI=1S/C18H15N3O2/c1-2-23-18(22)17-15(13-5-3-9-19-11-13)7-8-16(21-17)14-6-4-10-20-12-14/h3-12H,2H2,1H3. The maximum atomic E-state index is 12.3. The Morgan fingerprint density at radius 3 is 2.30 bits per heavy atom. The van der Waals surface area contributed by atoms with Crippen molar-refractivity contribution < 1.29 is 9.53 Å². The molecule has 0 aliphatic heterocycles. The van der Waals surface area contributed by atoms with Gasteiger partial charge in [0.25, 0.3) is 0 Å². The maximum Gasteiger partial charge on any atom is 0.357 e. The average molecular weight is 305 g/mol. The number of esters is 1. The molecule has 0 spiro atoms. The summed E-state index contributed by atoms with van der Waals surface area (Å²) >= 11 is 0. The fraction of sp³-hybridized carbons (Fsp3) is 0.111. The molecule has 5 nitrogen and oxygen atoms in total. The van der Waals surface area contributed by atoms with Gasteiger partial charge in [0.05, 0.1) is 12.3 Å². The number of ether oxygens (including phenoxy) is 1. The lowest BCUT2D eigenvalue weighted by molar-refractivity contribution is 0.0520. The molecule has 3 aromatic rings. The van der Waals surface area contributed by atoms with E-state index in [0.717, 1.165) is 11.1 Å². The molecule has 3 heterocycles. The summed E-state index contributed by atoms with van der Waals surface area (Å²) in [7, 11) is 0. The van der Waals surface area contributed by atoms with E-state index in [1.807, 2.05) is 36.4 Å². The number of nitrogens with zero attached hydrogens (tertiary/aromatic N) is 3. The van der Waals surface area contributed by atoms with Gasteiger partial charge in [-0.05, 0) is 37.3 Å². The van der Waals surface area contributed by atoms with Crippen molar-refractivity contribution in [1.82, 2.24) is 15.0 Å². The van der Waals surface area contributed by atoms with Crippen molar-refractivity contribution in [3.63, 3.8) is 0 Å². The molecule has 0 amide bonds. The lowest BCUT2D eigenvalue weighted by atomic mass is 10.0. The zero-order chi connectivity index (χ0) is 16.1. The zero-order valence-electron chi connectivity index (χ0n) is 12.6. The number of pyridine rings is 3. The predicted octanol–water partition coefficient (Wildman–Crippen LogP) is 3.38. The Hall–Kier alpha value is -3.08. The lowest BCUT2D eigenvalue weighted by Gasteiger charge is -2.10. The first-order valence-electron chi connectivity index (χ1n) is 7.28. The highest BCUT2D eigenvalue weighted by Crippen LogP contribution is 2.26.